The molecule has 0 radical (unpaired) electrons. The van der Waals surface area contributed by atoms with Gasteiger partial charge in [0, 0.05) is 43.9 Å². The van der Waals surface area contributed by atoms with Crippen molar-refractivity contribution in [2.75, 3.05) is 37.6 Å². The van der Waals surface area contributed by atoms with Gasteiger partial charge in [-0.15, -0.1) is 10.2 Å². The van der Waals surface area contributed by atoms with E-state index in [9.17, 15) is 14.7 Å². The second-order valence-electron chi connectivity index (χ2n) is 8.16. The summed E-state index contributed by atoms with van der Waals surface area (Å²) in [7, 11) is 0. The average Bonchev–Trinajstić information content (AvgIpc) is 2.90. The fourth-order valence-corrected chi connectivity index (χ4v) is 3.75. The van der Waals surface area contributed by atoms with Gasteiger partial charge in [-0.3, -0.25) is 9.59 Å². The lowest BCUT2D eigenvalue weighted by Crippen LogP contribution is -2.49. The number of nitrogens with zero attached hydrogens (tertiary/aromatic N) is 4. The number of aromatic hydroxyl groups is 1. The Labute approximate surface area is 204 Å². The number of carbonyl (C=O) groups is 2. The lowest BCUT2D eigenvalue weighted by molar-refractivity contribution is 0.0745. The van der Waals surface area contributed by atoms with E-state index in [-0.39, 0.29) is 17.6 Å². The van der Waals surface area contributed by atoms with Gasteiger partial charge in [-0.05, 0) is 48.9 Å². The van der Waals surface area contributed by atoms with E-state index in [4.69, 9.17) is 0 Å². The number of amides is 2. The maximum absolute atomic E-state index is 13.3. The van der Waals surface area contributed by atoms with Crippen LogP contribution in [0, 0.1) is 11.8 Å². The molecule has 0 bridgehead atoms. The van der Waals surface area contributed by atoms with E-state index in [0.29, 0.717) is 60.9 Å². The van der Waals surface area contributed by atoms with Gasteiger partial charge in [0.15, 0.2) is 11.5 Å². The topological polar surface area (TPSA) is 98.7 Å². The highest BCUT2D eigenvalue weighted by Crippen LogP contribution is 2.17. The molecule has 2 aromatic carbocycles. The summed E-state index contributed by atoms with van der Waals surface area (Å²) in [5.41, 5.74) is 2.16. The molecule has 0 aliphatic carbocycles. The first-order valence-corrected chi connectivity index (χ1v) is 11.6. The summed E-state index contributed by atoms with van der Waals surface area (Å²) in [4.78, 5) is 29.1. The number of benzene rings is 2. The molecule has 4 rings (SSSR count). The van der Waals surface area contributed by atoms with Crippen LogP contribution in [0.4, 0.5) is 5.82 Å². The van der Waals surface area contributed by atoms with E-state index in [0.717, 1.165) is 6.42 Å². The van der Waals surface area contributed by atoms with Gasteiger partial charge in [0.2, 0.25) is 0 Å². The third kappa shape index (κ3) is 5.95. The Balaban J connectivity index is 1.40. The normalized spacial score (nSPS) is 13.1. The summed E-state index contributed by atoms with van der Waals surface area (Å²) in [6.45, 7) is 4.88. The first-order chi connectivity index (χ1) is 17.0. The third-order valence-electron chi connectivity index (χ3n) is 5.65. The number of phenolic OH excluding ortho intramolecular Hbond substituents is 1. The SMILES string of the molecule is CCCNC(=O)c1ccc(N2CCN(C(=O)c3ccccc3C#Cc3cccc(O)c3)CC2)nn1. The number of hydrogen-bond acceptors (Lipinski definition) is 6. The number of aromatic nitrogens is 2. The molecule has 1 aliphatic rings. The van der Waals surface area contributed by atoms with Crippen molar-refractivity contribution in [1.82, 2.24) is 20.4 Å². The van der Waals surface area contributed by atoms with Gasteiger partial charge < -0.3 is 20.2 Å². The Bertz CT molecular complexity index is 1260. The highest BCUT2D eigenvalue weighted by atomic mass is 16.3. The molecular weight excluding hydrogens is 442 g/mol. The molecule has 2 amide bonds. The summed E-state index contributed by atoms with van der Waals surface area (Å²) < 4.78 is 0. The second kappa shape index (κ2) is 11.2. The largest absolute Gasteiger partial charge is 0.508 e. The fraction of sp³-hybridized carbons (Fsp3) is 0.259. The summed E-state index contributed by atoms with van der Waals surface area (Å²) in [5, 5.41) is 20.7. The zero-order chi connectivity index (χ0) is 24.6. The lowest BCUT2D eigenvalue weighted by atomic mass is 10.1. The number of nitrogens with one attached hydrogen (secondary N) is 1. The van der Waals surface area contributed by atoms with Gasteiger partial charge in [-0.25, -0.2) is 0 Å². The van der Waals surface area contributed by atoms with Crippen LogP contribution in [0.2, 0.25) is 0 Å². The van der Waals surface area contributed by atoms with Crippen molar-refractivity contribution in [3.8, 4) is 17.6 Å². The highest BCUT2D eigenvalue weighted by Gasteiger charge is 2.24. The van der Waals surface area contributed by atoms with E-state index in [1.165, 1.54) is 0 Å². The molecular formula is C27H27N5O3. The summed E-state index contributed by atoms with van der Waals surface area (Å²) in [5.74, 6) is 6.62. The molecule has 1 saturated heterocycles. The van der Waals surface area contributed by atoms with Crippen molar-refractivity contribution >= 4 is 17.6 Å². The molecule has 3 aromatic rings. The van der Waals surface area contributed by atoms with Crippen molar-refractivity contribution in [1.29, 1.82) is 0 Å². The summed E-state index contributed by atoms with van der Waals surface area (Å²) >= 11 is 0. The van der Waals surface area contributed by atoms with E-state index >= 15 is 0 Å². The van der Waals surface area contributed by atoms with Crippen LogP contribution < -0.4 is 10.2 Å². The minimum Gasteiger partial charge on any atom is -0.508 e. The zero-order valence-electron chi connectivity index (χ0n) is 19.6. The molecule has 2 N–H and O–H groups in total. The molecule has 1 aliphatic heterocycles. The van der Waals surface area contributed by atoms with Crippen molar-refractivity contribution in [3.05, 3.63) is 83.0 Å². The molecule has 8 heteroatoms. The van der Waals surface area contributed by atoms with Crippen LogP contribution in [0.3, 0.4) is 0 Å². The maximum atomic E-state index is 13.3. The monoisotopic (exact) mass is 469 g/mol. The predicted molar refractivity (Wildman–Crippen MR) is 133 cm³/mol. The summed E-state index contributed by atoms with van der Waals surface area (Å²) in [6, 6.07) is 17.5. The van der Waals surface area contributed by atoms with E-state index in [1.807, 2.05) is 36.1 Å². The standard InChI is InChI=1S/C27H27N5O3/c1-2-14-28-26(34)24-12-13-25(30-29-24)31-15-17-32(18-16-31)27(35)23-9-4-3-7-21(23)11-10-20-6-5-8-22(33)19-20/h3-9,12-13,19,33H,2,14-18H2,1H3,(H,28,34). The molecule has 35 heavy (non-hydrogen) atoms. The Morgan fingerprint density at radius 2 is 1.77 bits per heavy atom. The molecule has 8 nitrogen and oxygen atoms in total. The van der Waals surface area contributed by atoms with Gasteiger partial charge in [0.05, 0.1) is 5.56 Å². The maximum Gasteiger partial charge on any atom is 0.271 e. The van der Waals surface area contributed by atoms with Crippen LogP contribution in [0.15, 0.2) is 60.7 Å². The van der Waals surface area contributed by atoms with Crippen molar-refractivity contribution in [3.63, 3.8) is 0 Å². The minimum absolute atomic E-state index is 0.0699. The molecule has 2 heterocycles. The Hall–Kier alpha value is -4.38. The number of anilines is 1. The first kappa shape index (κ1) is 23.8. The molecule has 1 aromatic heterocycles. The molecule has 0 spiro atoms. The number of piperazine rings is 1. The van der Waals surface area contributed by atoms with Crippen molar-refractivity contribution < 1.29 is 14.7 Å². The van der Waals surface area contributed by atoms with Crippen LogP contribution in [0.25, 0.3) is 0 Å². The van der Waals surface area contributed by atoms with Gasteiger partial charge in [0.1, 0.15) is 5.75 Å². The lowest BCUT2D eigenvalue weighted by Gasteiger charge is -2.35. The Kier molecular flexibility index (Phi) is 7.58. The zero-order valence-corrected chi connectivity index (χ0v) is 19.6. The van der Waals surface area contributed by atoms with Crippen LogP contribution >= 0.6 is 0 Å². The molecule has 0 unspecified atom stereocenters. The number of carbonyl (C=O) groups excluding carboxylic acids is 2. The van der Waals surface area contributed by atoms with Gasteiger partial charge in [0.25, 0.3) is 11.8 Å². The second-order valence-corrected chi connectivity index (χ2v) is 8.16. The number of phenols is 1. The van der Waals surface area contributed by atoms with Crippen LogP contribution in [0.5, 0.6) is 5.75 Å². The van der Waals surface area contributed by atoms with Crippen LogP contribution in [-0.2, 0) is 0 Å². The fourth-order valence-electron chi connectivity index (χ4n) is 3.75. The Morgan fingerprint density at radius 3 is 2.49 bits per heavy atom. The third-order valence-corrected chi connectivity index (χ3v) is 5.65. The van der Waals surface area contributed by atoms with E-state index in [1.54, 1.807) is 36.4 Å². The average molecular weight is 470 g/mol. The quantitative estimate of drug-likeness (QED) is 0.558. The van der Waals surface area contributed by atoms with Crippen molar-refractivity contribution in [2.24, 2.45) is 0 Å². The van der Waals surface area contributed by atoms with E-state index in [2.05, 4.69) is 32.3 Å². The smallest absolute Gasteiger partial charge is 0.271 e. The van der Waals surface area contributed by atoms with Gasteiger partial charge in [-0.2, -0.15) is 0 Å². The minimum atomic E-state index is -0.229. The molecule has 0 saturated carbocycles. The first-order valence-electron chi connectivity index (χ1n) is 11.6. The van der Waals surface area contributed by atoms with Gasteiger partial charge in [-0.1, -0.05) is 37.0 Å². The number of hydrogen-bond donors (Lipinski definition) is 2. The van der Waals surface area contributed by atoms with E-state index < -0.39 is 0 Å². The van der Waals surface area contributed by atoms with Gasteiger partial charge >= 0.3 is 0 Å². The number of rotatable bonds is 5. The highest BCUT2D eigenvalue weighted by molar-refractivity contribution is 5.97. The molecule has 1 fully saturated rings. The molecule has 0 atom stereocenters. The van der Waals surface area contributed by atoms with Crippen LogP contribution in [0.1, 0.15) is 45.3 Å². The predicted octanol–water partition coefficient (Wildman–Crippen LogP) is 2.68. The van der Waals surface area contributed by atoms with Crippen molar-refractivity contribution in [2.45, 2.75) is 13.3 Å². The molecule has 178 valence electrons. The van der Waals surface area contributed by atoms with Crippen LogP contribution in [-0.4, -0.2) is 64.7 Å². The summed E-state index contributed by atoms with van der Waals surface area (Å²) in [6.07, 6.45) is 0.856. The Morgan fingerprint density at radius 1 is 0.971 bits per heavy atom.